The van der Waals surface area contributed by atoms with Crippen LogP contribution in [0.1, 0.15) is 23.0 Å². The number of esters is 1. The van der Waals surface area contributed by atoms with Crippen LogP contribution in [-0.4, -0.2) is 22.4 Å². The van der Waals surface area contributed by atoms with Crippen LogP contribution in [0, 0.1) is 11.3 Å². The minimum absolute atomic E-state index is 0.0192. The smallest absolute Gasteiger partial charge is 0.361 e. The van der Waals surface area contributed by atoms with Crippen LogP contribution >= 0.6 is 11.6 Å². The van der Waals surface area contributed by atoms with Crippen molar-refractivity contribution in [1.29, 1.82) is 5.26 Å². The van der Waals surface area contributed by atoms with Crippen LogP contribution in [0.4, 0.5) is 5.69 Å². The molecule has 0 bridgehead atoms. The van der Waals surface area contributed by atoms with Crippen molar-refractivity contribution in [1.82, 2.24) is 9.78 Å². The Morgan fingerprint density at radius 3 is 3.00 bits per heavy atom. The van der Waals surface area contributed by atoms with Gasteiger partial charge in [-0.2, -0.15) is 10.4 Å². The number of halogens is 1. The standard InChI is InChI=1S/C13H11ClN4O2/c1-2-20-13(19)12-10(16)7-18(17-12)11-4-3-9(14)5-8(11)6-15/h3-5,7H,2,16H2,1H3. The third kappa shape index (κ3) is 2.58. The maximum Gasteiger partial charge on any atom is 0.361 e. The van der Waals surface area contributed by atoms with Gasteiger partial charge in [0.1, 0.15) is 6.07 Å². The van der Waals surface area contributed by atoms with Gasteiger partial charge in [0, 0.05) is 5.02 Å². The summed E-state index contributed by atoms with van der Waals surface area (Å²) in [4.78, 5) is 11.7. The fourth-order valence-corrected chi connectivity index (χ4v) is 1.84. The molecule has 1 heterocycles. The summed E-state index contributed by atoms with van der Waals surface area (Å²) in [7, 11) is 0. The van der Waals surface area contributed by atoms with Gasteiger partial charge >= 0.3 is 5.97 Å². The number of nitriles is 1. The number of benzene rings is 1. The van der Waals surface area contributed by atoms with E-state index in [-0.39, 0.29) is 18.0 Å². The Bertz CT molecular complexity index is 703. The van der Waals surface area contributed by atoms with Gasteiger partial charge in [-0.3, -0.25) is 0 Å². The van der Waals surface area contributed by atoms with Gasteiger partial charge in [-0.05, 0) is 25.1 Å². The van der Waals surface area contributed by atoms with Crippen molar-refractivity contribution in [3.63, 3.8) is 0 Å². The minimum Gasteiger partial charge on any atom is -0.461 e. The predicted molar refractivity (Wildman–Crippen MR) is 73.7 cm³/mol. The average molecular weight is 291 g/mol. The van der Waals surface area contributed by atoms with Crippen LogP contribution in [-0.2, 0) is 4.74 Å². The first-order valence-corrected chi connectivity index (χ1v) is 6.17. The lowest BCUT2D eigenvalue weighted by Gasteiger charge is -2.04. The number of nitrogens with two attached hydrogens (primary N) is 1. The van der Waals surface area contributed by atoms with E-state index in [4.69, 9.17) is 27.3 Å². The number of aromatic nitrogens is 2. The Morgan fingerprint density at radius 2 is 2.35 bits per heavy atom. The fourth-order valence-electron chi connectivity index (χ4n) is 1.67. The molecule has 0 unspecified atom stereocenters. The first kappa shape index (κ1) is 13.9. The minimum atomic E-state index is -0.601. The summed E-state index contributed by atoms with van der Waals surface area (Å²) in [5.74, 6) is -0.601. The van der Waals surface area contributed by atoms with Crippen LogP contribution in [0.3, 0.4) is 0 Å². The van der Waals surface area contributed by atoms with E-state index >= 15 is 0 Å². The fraction of sp³-hybridized carbons (Fsp3) is 0.154. The monoisotopic (exact) mass is 290 g/mol. The summed E-state index contributed by atoms with van der Waals surface area (Å²) < 4.78 is 6.21. The van der Waals surface area contributed by atoms with Gasteiger partial charge < -0.3 is 10.5 Å². The predicted octanol–water partition coefficient (Wildman–Crippen LogP) is 2.16. The Kier molecular flexibility index (Phi) is 3.91. The number of hydrogen-bond donors (Lipinski definition) is 1. The van der Waals surface area contributed by atoms with Crippen molar-refractivity contribution in [2.24, 2.45) is 0 Å². The van der Waals surface area contributed by atoms with Gasteiger partial charge in [0.2, 0.25) is 0 Å². The van der Waals surface area contributed by atoms with E-state index in [0.717, 1.165) is 0 Å². The van der Waals surface area contributed by atoms with Gasteiger partial charge in [0.25, 0.3) is 0 Å². The number of carbonyl (C=O) groups excluding carboxylic acids is 1. The summed E-state index contributed by atoms with van der Waals surface area (Å²) in [6.45, 7) is 1.92. The van der Waals surface area contributed by atoms with Crippen molar-refractivity contribution in [3.8, 4) is 11.8 Å². The van der Waals surface area contributed by atoms with Crippen molar-refractivity contribution >= 4 is 23.3 Å². The Morgan fingerprint density at radius 1 is 1.60 bits per heavy atom. The molecule has 0 spiro atoms. The van der Waals surface area contributed by atoms with Crippen molar-refractivity contribution in [2.75, 3.05) is 12.3 Å². The van der Waals surface area contributed by atoms with E-state index in [2.05, 4.69) is 5.10 Å². The van der Waals surface area contributed by atoms with Crippen LogP contribution in [0.25, 0.3) is 5.69 Å². The van der Waals surface area contributed by atoms with E-state index in [0.29, 0.717) is 16.3 Å². The molecular weight excluding hydrogens is 280 g/mol. The normalized spacial score (nSPS) is 10.1. The zero-order valence-corrected chi connectivity index (χ0v) is 11.4. The molecule has 0 aliphatic heterocycles. The highest BCUT2D eigenvalue weighted by atomic mass is 35.5. The molecule has 102 valence electrons. The van der Waals surface area contributed by atoms with Crippen LogP contribution in [0.15, 0.2) is 24.4 Å². The molecule has 0 saturated carbocycles. The molecule has 2 N–H and O–H groups in total. The molecule has 0 atom stereocenters. The number of anilines is 1. The molecule has 1 aromatic heterocycles. The third-order valence-electron chi connectivity index (χ3n) is 2.54. The van der Waals surface area contributed by atoms with Gasteiger partial charge in [-0.25, -0.2) is 9.48 Å². The molecular formula is C13H11ClN4O2. The zero-order chi connectivity index (χ0) is 14.7. The highest BCUT2D eigenvalue weighted by molar-refractivity contribution is 6.30. The number of nitrogen functional groups attached to an aromatic ring is 1. The van der Waals surface area contributed by atoms with Crippen LogP contribution in [0.2, 0.25) is 5.02 Å². The Hall–Kier alpha value is -2.52. The highest BCUT2D eigenvalue weighted by Crippen LogP contribution is 2.21. The number of ether oxygens (including phenoxy) is 1. The summed E-state index contributed by atoms with van der Waals surface area (Å²) >= 11 is 5.83. The molecule has 0 aliphatic rings. The quantitative estimate of drug-likeness (QED) is 0.874. The molecule has 20 heavy (non-hydrogen) atoms. The first-order chi connectivity index (χ1) is 9.56. The number of nitrogens with zero attached hydrogens (tertiary/aromatic N) is 3. The Balaban J connectivity index is 2.48. The van der Waals surface area contributed by atoms with Gasteiger partial charge in [0.05, 0.1) is 29.7 Å². The molecule has 6 nitrogen and oxygen atoms in total. The summed E-state index contributed by atoms with van der Waals surface area (Å²) in [6.07, 6.45) is 1.45. The number of hydrogen-bond acceptors (Lipinski definition) is 5. The second-order valence-corrected chi connectivity index (χ2v) is 4.31. The second kappa shape index (κ2) is 5.63. The maximum absolute atomic E-state index is 11.7. The molecule has 0 amide bonds. The number of rotatable bonds is 3. The molecule has 0 saturated heterocycles. The van der Waals surface area contributed by atoms with E-state index < -0.39 is 5.97 Å². The number of carbonyl (C=O) groups is 1. The molecule has 0 fully saturated rings. The molecule has 2 rings (SSSR count). The Labute approximate surface area is 120 Å². The topological polar surface area (TPSA) is 93.9 Å². The third-order valence-corrected chi connectivity index (χ3v) is 2.77. The van der Waals surface area contributed by atoms with E-state index in [1.807, 2.05) is 6.07 Å². The zero-order valence-electron chi connectivity index (χ0n) is 10.6. The molecule has 0 radical (unpaired) electrons. The largest absolute Gasteiger partial charge is 0.461 e. The second-order valence-electron chi connectivity index (χ2n) is 3.87. The van der Waals surface area contributed by atoms with Crippen molar-refractivity contribution in [3.05, 3.63) is 40.7 Å². The van der Waals surface area contributed by atoms with Crippen molar-refractivity contribution < 1.29 is 9.53 Å². The molecule has 2 aromatic rings. The van der Waals surface area contributed by atoms with Crippen LogP contribution in [0.5, 0.6) is 0 Å². The summed E-state index contributed by atoms with van der Waals surface area (Å²) in [6, 6.07) is 6.78. The SMILES string of the molecule is CCOC(=O)c1nn(-c2ccc(Cl)cc2C#N)cc1N. The van der Waals surface area contributed by atoms with Gasteiger partial charge in [-0.15, -0.1) is 0 Å². The molecule has 0 aliphatic carbocycles. The lowest BCUT2D eigenvalue weighted by molar-refractivity contribution is 0.0520. The maximum atomic E-state index is 11.7. The van der Waals surface area contributed by atoms with Gasteiger partial charge in [-0.1, -0.05) is 11.6 Å². The first-order valence-electron chi connectivity index (χ1n) is 5.79. The van der Waals surface area contributed by atoms with E-state index in [1.54, 1.807) is 19.1 Å². The molecule has 7 heteroatoms. The average Bonchev–Trinajstić information content (AvgIpc) is 2.80. The van der Waals surface area contributed by atoms with Crippen molar-refractivity contribution in [2.45, 2.75) is 6.92 Å². The lowest BCUT2D eigenvalue weighted by atomic mass is 10.2. The van der Waals surface area contributed by atoms with Gasteiger partial charge in [0.15, 0.2) is 5.69 Å². The van der Waals surface area contributed by atoms with Crippen LogP contribution < -0.4 is 5.73 Å². The van der Waals surface area contributed by atoms with E-state index in [1.165, 1.54) is 16.9 Å². The summed E-state index contributed by atoms with van der Waals surface area (Å²) in [5, 5.41) is 13.6. The molecule has 1 aromatic carbocycles. The lowest BCUT2D eigenvalue weighted by Crippen LogP contribution is -2.08. The highest BCUT2D eigenvalue weighted by Gasteiger charge is 2.17. The van der Waals surface area contributed by atoms with E-state index in [9.17, 15) is 4.79 Å². The summed E-state index contributed by atoms with van der Waals surface area (Å²) in [5.41, 5.74) is 6.75.